The summed E-state index contributed by atoms with van der Waals surface area (Å²) in [5, 5.41) is 0.738. The lowest BCUT2D eigenvalue weighted by atomic mass is 10.0. The van der Waals surface area contributed by atoms with Crippen LogP contribution < -0.4 is 5.73 Å². The molecule has 0 aliphatic heterocycles. The second-order valence-electron chi connectivity index (χ2n) is 4.05. The number of halogens is 2. The fraction of sp³-hybridized carbons (Fsp3) is 0.231. The van der Waals surface area contributed by atoms with E-state index in [1.54, 1.807) is 11.3 Å². The van der Waals surface area contributed by atoms with Gasteiger partial charge >= 0.3 is 0 Å². The van der Waals surface area contributed by atoms with Gasteiger partial charge in [0.15, 0.2) is 0 Å². The molecule has 1 atom stereocenters. The summed E-state index contributed by atoms with van der Waals surface area (Å²) in [6.45, 7) is 4.22. The molecule has 90 valence electrons. The highest BCUT2D eigenvalue weighted by atomic mass is 127. The van der Waals surface area contributed by atoms with E-state index >= 15 is 0 Å². The van der Waals surface area contributed by atoms with Gasteiger partial charge in [-0.1, -0.05) is 11.6 Å². The molecule has 17 heavy (non-hydrogen) atoms. The molecule has 0 saturated carbocycles. The zero-order valence-electron chi connectivity index (χ0n) is 9.63. The average molecular weight is 378 g/mol. The molecule has 0 fully saturated rings. The molecule has 1 nitrogen and oxygen atoms in total. The first-order valence-electron chi connectivity index (χ1n) is 5.26. The molecular weight excluding hydrogens is 365 g/mol. The second-order valence-corrected chi connectivity index (χ2v) is 6.93. The fourth-order valence-electron chi connectivity index (χ4n) is 1.86. The van der Waals surface area contributed by atoms with Crippen molar-refractivity contribution in [2.24, 2.45) is 5.73 Å². The summed E-state index contributed by atoms with van der Waals surface area (Å²) in [6.07, 6.45) is 0. The summed E-state index contributed by atoms with van der Waals surface area (Å²) >= 11 is 10.1. The molecule has 1 aromatic carbocycles. The average Bonchev–Trinajstić information content (AvgIpc) is 2.60. The van der Waals surface area contributed by atoms with Gasteiger partial charge in [0.25, 0.3) is 0 Å². The molecule has 0 spiro atoms. The van der Waals surface area contributed by atoms with Crippen molar-refractivity contribution in [1.82, 2.24) is 0 Å². The molecule has 0 aliphatic rings. The van der Waals surface area contributed by atoms with Crippen LogP contribution in [0.3, 0.4) is 0 Å². The Morgan fingerprint density at radius 2 is 2.00 bits per heavy atom. The van der Waals surface area contributed by atoms with Gasteiger partial charge in [-0.25, -0.2) is 0 Å². The van der Waals surface area contributed by atoms with E-state index in [2.05, 4.69) is 42.5 Å². The van der Waals surface area contributed by atoms with Gasteiger partial charge in [0.2, 0.25) is 0 Å². The molecule has 4 heteroatoms. The maximum absolute atomic E-state index is 6.35. The minimum Gasteiger partial charge on any atom is -0.320 e. The molecule has 2 aromatic rings. The predicted molar refractivity (Wildman–Crippen MR) is 84.0 cm³/mol. The van der Waals surface area contributed by atoms with Crippen LogP contribution in [0.25, 0.3) is 0 Å². The molecule has 1 aromatic heterocycles. The molecule has 0 aliphatic carbocycles. The molecule has 0 amide bonds. The van der Waals surface area contributed by atoms with Gasteiger partial charge in [0.05, 0.1) is 6.04 Å². The Labute approximate surface area is 124 Å². The number of hydrogen-bond acceptors (Lipinski definition) is 2. The van der Waals surface area contributed by atoms with Crippen LogP contribution in [0.5, 0.6) is 0 Å². The lowest BCUT2D eigenvalue weighted by Crippen LogP contribution is -2.12. The van der Waals surface area contributed by atoms with Crippen molar-refractivity contribution in [3.63, 3.8) is 0 Å². The smallest absolute Gasteiger partial charge is 0.0659 e. The minimum atomic E-state index is -0.0840. The monoisotopic (exact) mass is 377 g/mol. The van der Waals surface area contributed by atoms with Crippen molar-refractivity contribution in [3.05, 3.63) is 53.7 Å². The number of nitrogens with two attached hydrogens (primary N) is 1. The number of aryl methyl sites for hydroxylation is 2. The Morgan fingerprint density at radius 3 is 2.59 bits per heavy atom. The lowest BCUT2D eigenvalue weighted by molar-refractivity contribution is 0.879. The first kappa shape index (κ1) is 13.3. The van der Waals surface area contributed by atoms with Crippen LogP contribution in [-0.2, 0) is 0 Å². The van der Waals surface area contributed by atoms with E-state index < -0.39 is 0 Å². The van der Waals surface area contributed by atoms with E-state index in [0.29, 0.717) is 0 Å². The van der Waals surface area contributed by atoms with Crippen molar-refractivity contribution in [3.8, 4) is 0 Å². The molecule has 0 radical (unpaired) electrons. The number of thiophene rings is 1. The Balaban J connectivity index is 2.46. The molecule has 2 N–H and O–H groups in total. The third-order valence-electron chi connectivity index (χ3n) is 2.65. The van der Waals surface area contributed by atoms with Gasteiger partial charge in [-0.15, -0.1) is 11.3 Å². The topological polar surface area (TPSA) is 26.0 Å². The van der Waals surface area contributed by atoms with Gasteiger partial charge in [0, 0.05) is 18.3 Å². The molecular formula is C13H13ClINS. The first-order chi connectivity index (χ1) is 7.99. The van der Waals surface area contributed by atoms with Gasteiger partial charge in [-0.2, -0.15) is 0 Å². The molecule has 2 rings (SSSR count). The minimum absolute atomic E-state index is 0.0840. The van der Waals surface area contributed by atoms with E-state index in [1.807, 2.05) is 18.2 Å². The number of benzene rings is 1. The summed E-state index contributed by atoms with van der Waals surface area (Å²) in [4.78, 5) is 2.52. The fourth-order valence-corrected chi connectivity index (χ4v) is 3.77. The van der Waals surface area contributed by atoms with E-state index in [9.17, 15) is 0 Å². The van der Waals surface area contributed by atoms with Crippen LogP contribution in [0.4, 0.5) is 0 Å². The largest absolute Gasteiger partial charge is 0.320 e. The highest BCUT2D eigenvalue weighted by molar-refractivity contribution is 14.1. The summed E-state index contributed by atoms with van der Waals surface area (Å²) in [7, 11) is 0. The third kappa shape index (κ3) is 2.84. The van der Waals surface area contributed by atoms with Crippen molar-refractivity contribution >= 4 is 45.5 Å². The van der Waals surface area contributed by atoms with Crippen molar-refractivity contribution in [2.75, 3.05) is 0 Å². The summed E-state index contributed by atoms with van der Waals surface area (Å²) in [5.74, 6) is 0. The standard InChI is InChI=1S/C13H13ClINS/c1-7-5-8(2)17-13(7)12(16)10-6-9(14)3-4-11(10)15/h3-6,12H,16H2,1-2H3. The van der Waals surface area contributed by atoms with Crippen LogP contribution in [0.15, 0.2) is 24.3 Å². The highest BCUT2D eigenvalue weighted by Gasteiger charge is 2.16. The van der Waals surface area contributed by atoms with Crippen LogP contribution in [-0.4, -0.2) is 0 Å². The molecule has 0 bridgehead atoms. The van der Waals surface area contributed by atoms with Gasteiger partial charge < -0.3 is 5.73 Å². The normalized spacial score (nSPS) is 12.8. The highest BCUT2D eigenvalue weighted by Crippen LogP contribution is 2.33. The van der Waals surface area contributed by atoms with Crippen molar-refractivity contribution < 1.29 is 0 Å². The van der Waals surface area contributed by atoms with Gasteiger partial charge in [0.1, 0.15) is 0 Å². The Morgan fingerprint density at radius 1 is 1.29 bits per heavy atom. The van der Waals surface area contributed by atoms with E-state index in [4.69, 9.17) is 17.3 Å². The lowest BCUT2D eigenvalue weighted by Gasteiger charge is -2.14. The van der Waals surface area contributed by atoms with Gasteiger partial charge in [-0.3, -0.25) is 0 Å². The Bertz CT molecular complexity index is 550. The van der Waals surface area contributed by atoms with E-state index in [0.717, 1.165) is 14.2 Å². The number of rotatable bonds is 2. The Hall–Kier alpha value is -0.100. The first-order valence-corrected chi connectivity index (χ1v) is 7.54. The van der Waals surface area contributed by atoms with Crippen LogP contribution in [0.1, 0.15) is 26.9 Å². The second kappa shape index (κ2) is 5.26. The van der Waals surface area contributed by atoms with Crippen LogP contribution >= 0.6 is 45.5 Å². The Kier molecular flexibility index (Phi) is 4.13. The van der Waals surface area contributed by atoms with Crippen LogP contribution in [0, 0.1) is 17.4 Å². The zero-order chi connectivity index (χ0) is 12.6. The third-order valence-corrected chi connectivity index (χ3v) is 5.11. The summed E-state index contributed by atoms with van der Waals surface area (Å²) in [5.41, 5.74) is 8.71. The van der Waals surface area contributed by atoms with E-state index in [-0.39, 0.29) is 6.04 Å². The quantitative estimate of drug-likeness (QED) is 0.756. The zero-order valence-corrected chi connectivity index (χ0v) is 13.4. The summed E-state index contributed by atoms with van der Waals surface area (Å²) in [6, 6.07) is 7.96. The van der Waals surface area contributed by atoms with Crippen molar-refractivity contribution in [1.29, 1.82) is 0 Å². The number of hydrogen-bond donors (Lipinski definition) is 1. The van der Waals surface area contributed by atoms with Gasteiger partial charge in [-0.05, 0) is 71.8 Å². The summed E-state index contributed by atoms with van der Waals surface area (Å²) < 4.78 is 1.16. The van der Waals surface area contributed by atoms with E-state index in [1.165, 1.54) is 15.3 Å². The maximum atomic E-state index is 6.35. The molecule has 1 unspecified atom stereocenters. The maximum Gasteiger partial charge on any atom is 0.0659 e. The predicted octanol–water partition coefficient (Wildman–Crippen LogP) is 4.67. The molecule has 0 saturated heterocycles. The molecule has 1 heterocycles. The van der Waals surface area contributed by atoms with Crippen LogP contribution in [0.2, 0.25) is 5.02 Å². The SMILES string of the molecule is Cc1cc(C)c(C(N)c2cc(Cl)ccc2I)s1. The van der Waals surface area contributed by atoms with Crippen molar-refractivity contribution in [2.45, 2.75) is 19.9 Å².